The van der Waals surface area contributed by atoms with Crippen LogP contribution in [0, 0.1) is 0 Å². The van der Waals surface area contributed by atoms with Crippen molar-refractivity contribution in [3.63, 3.8) is 0 Å². The summed E-state index contributed by atoms with van der Waals surface area (Å²) in [5.74, 6) is 0.286. The maximum atomic E-state index is 13.4. The smallest absolute Gasteiger partial charge is 0.264 e. The molecule has 0 aromatic heterocycles. The number of carbonyl (C=O) groups is 1. The van der Waals surface area contributed by atoms with Crippen molar-refractivity contribution < 1.29 is 17.9 Å². The van der Waals surface area contributed by atoms with E-state index in [1.54, 1.807) is 49.5 Å². The minimum absolute atomic E-state index is 0.0957. The monoisotopic (exact) mass is 438 g/mol. The third-order valence-electron chi connectivity index (χ3n) is 4.73. The summed E-state index contributed by atoms with van der Waals surface area (Å²) >= 11 is 0. The Morgan fingerprint density at radius 2 is 1.45 bits per heavy atom. The molecule has 7 heteroatoms. The van der Waals surface area contributed by atoms with E-state index in [1.807, 2.05) is 37.3 Å². The van der Waals surface area contributed by atoms with Gasteiger partial charge in [0, 0.05) is 13.6 Å². The summed E-state index contributed by atoms with van der Waals surface area (Å²) in [6, 6.07) is 24.4. The van der Waals surface area contributed by atoms with Gasteiger partial charge >= 0.3 is 0 Å². The van der Waals surface area contributed by atoms with Crippen molar-refractivity contribution in [2.75, 3.05) is 24.5 Å². The van der Waals surface area contributed by atoms with Gasteiger partial charge in [-0.1, -0.05) is 48.5 Å². The summed E-state index contributed by atoms with van der Waals surface area (Å²) in [5, 5.41) is 0. The first-order valence-corrected chi connectivity index (χ1v) is 11.4. The van der Waals surface area contributed by atoms with Crippen LogP contribution in [0.2, 0.25) is 0 Å². The molecule has 0 bridgehead atoms. The van der Waals surface area contributed by atoms with Gasteiger partial charge in [0.05, 0.1) is 17.2 Å². The SMILES string of the molecule is CCOc1ccc(S(=O)(=O)N(CC(=O)N(C)Cc2ccccc2)c2ccccc2)cc1. The molecule has 0 N–H and O–H groups in total. The molecular formula is C24H26N2O4S. The predicted molar refractivity (Wildman–Crippen MR) is 122 cm³/mol. The molecule has 162 valence electrons. The first kappa shape index (κ1) is 22.4. The fourth-order valence-electron chi connectivity index (χ4n) is 3.10. The molecule has 1 amide bonds. The van der Waals surface area contributed by atoms with Crippen LogP contribution in [-0.4, -0.2) is 39.4 Å². The van der Waals surface area contributed by atoms with E-state index in [0.717, 1.165) is 9.87 Å². The standard InChI is InChI=1S/C24H26N2O4S/c1-3-30-22-14-16-23(17-15-22)31(28,29)26(21-12-8-5-9-13-21)19-24(27)25(2)18-20-10-6-4-7-11-20/h4-17H,3,18-19H2,1-2H3. The number of hydrogen-bond donors (Lipinski definition) is 0. The van der Waals surface area contributed by atoms with Crippen molar-refractivity contribution in [1.82, 2.24) is 4.90 Å². The molecule has 6 nitrogen and oxygen atoms in total. The molecule has 3 aromatic rings. The third-order valence-corrected chi connectivity index (χ3v) is 6.52. The summed E-state index contributed by atoms with van der Waals surface area (Å²) in [6.45, 7) is 2.44. The zero-order valence-electron chi connectivity index (χ0n) is 17.6. The zero-order valence-corrected chi connectivity index (χ0v) is 18.5. The first-order valence-electron chi connectivity index (χ1n) is 10.0. The van der Waals surface area contributed by atoms with E-state index in [0.29, 0.717) is 24.6 Å². The number of nitrogens with zero attached hydrogens (tertiary/aromatic N) is 2. The third kappa shape index (κ3) is 5.64. The minimum atomic E-state index is -3.96. The maximum absolute atomic E-state index is 13.4. The molecule has 0 spiro atoms. The summed E-state index contributed by atoms with van der Waals surface area (Å²) in [7, 11) is -2.29. The van der Waals surface area contributed by atoms with E-state index in [1.165, 1.54) is 17.0 Å². The topological polar surface area (TPSA) is 66.9 Å². The van der Waals surface area contributed by atoms with Crippen molar-refractivity contribution in [3.8, 4) is 5.75 Å². The number of anilines is 1. The van der Waals surface area contributed by atoms with Crippen molar-refractivity contribution >= 4 is 21.6 Å². The van der Waals surface area contributed by atoms with Gasteiger partial charge in [-0.2, -0.15) is 0 Å². The van der Waals surface area contributed by atoms with Gasteiger partial charge < -0.3 is 9.64 Å². The molecule has 0 heterocycles. The second-order valence-corrected chi connectivity index (χ2v) is 8.85. The fourth-order valence-corrected chi connectivity index (χ4v) is 4.51. The number of rotatable bonds is 9. The molecule has 3 aromatic carbocycles. The van der Waals surface area contributed by atoms with Gasteiger partial charge in [0.25, 0.3) is 10.0 Å². The highest BCUT2D eigenvalue weighted by Gasteiger charge is 2.28. The van der Waals surface area contributed by atoms with E-state index in [9.17, 15) is 13.2 Å². The van der Waals surface area contributed by atoms with Crippen LogP contribution in [0.3, 0.4) is 0 Å². The molecule has 0 saturated carbocycles. The first-order chi connectivity index (χ1) is 14.9. The molecule has 31 heavy (non-hydrogen) atoms. The maximum Gasteiger partial charge on any atom is 0.264 e. The fraction of sp³-hybridized carbons (Fsp3) is 0.208. The number of amides is 1. The number of ether oxygens (including phenoxy) is 1. The summed E-state index contributed by atoms with van der Waals surface area (Å²) < 4.78 is 33.4. The van der Waals surface area contributed by atoms with Gasteiger partial charge in [-0.25, -0.2) is 8.42 Å². The Morgan fingerprint density at radius 3 is 2.03 bits per heavy atom. The summed E-state index contributed by atoms with van der Waals surface area (Å²) in [6.07, 6.45) is 0. The van der Waals surface area contributed by atoms with Gasteiger partial charge in [0.15, 0.2) is 0 Å². The Hall–Kier alpha value is -3.32. The normalized spacial score (nSPS) is 11.0. The molecule has 0 atom stereocenters. The number of likely N-dealkylation sites (N-methyl/N-ethyl adjacent to an activating group) is 1. The lowest BCUT2D eigenvalue weighted by molar-refractivity contribution is -0.128. The average molecular weight is 439 g/mol. The lowest BCUT2D eigenvalue weighted by Crippen LogP contribution is -2.41. The summed E-state index contributed by atoms with van der Waals surface area (Å²) in [5.41, 5.74) is 1.40. The molecule has 0 aliphatic carbocycles. The van der Waals surface area contributed by atoms with Crippen LogP contribution in [0.4, 0.5) is 5.69 Å². The Morgan fingerprint density at radius 1 is 0.871 bits per heavy atom. The van der Waals surface area contributed by atoms with Crippen molar-refractivity contribution in [3.05, 3.63) is 90.5 Å². The van der Waals surface area contributed by atoms with Crippen molar-refractivity contribution in [2.45, 2.75) is 18.4 Å². The molecule has 0 saturated heterocycles. The van der Waals surface area contributed by atoms with Crippen LogP contribution in [0.5, 0.6) is 5.75 Å². The molecule has 0 radical (unpaired) electrons. The van der Waals surface area contributed by atoms with Crippen LogP contribution in [-0.2, 0) is 21.4 Å². The summed E-state index contributed by atoms with van der Waals surface area (Å²) in [4.78, 5) is 14.6. The number of benzene rings is 3. The highest BCUT2D eigenvalue weighted by molar-refractivity contribution is 7.92. The van der Waals surface area contributed by atoms with E-state index < -0.39 is 10.0 Å². The van der Waals surface area contributed by atoms with E-state index >= 15 is 0 Å². The van der Waals surface area contributed by atoms with Gasteiger partial charge in [-0.15, -0.1) is 0 Å². The number of para-hydroxylation sites is 1. The van der Waals surface area contributed by atoms with Gasteiger partial charge in [-0.3, -0.25) is 9.10 Å². The van der Waals surface area contributed by atoms with Crippen molar-refractivity contribution in [2.24, 2.45) is 0 Å². The second-order valence-electron chi connectivity index (χ2n) is 6.99. The number of hydrogen-bond acceptors (Lipinski definition) is 4. The quantitative estimate of drug-likeness (QED) is 0.508. The Kier molecular flexibility index (Phi) is 7.31. The Labute approximate surface area is 183 Å². The van der Waals surface area contributed by atoms with Gasteiger partial charge in [0.1, 0.15) is 12.3 Å². The minimum Gasteiger partial charge on any atom is -0.494 e. The Bertz CT molecular complexity index is 1090. The van der Waals surface area contributed by atoms with E-state index in [-0.39, 0.29) is 17.3 Å². The second kappa shape index (κ2) is 10.1. The lowest BCUT2D eigenvalue weighted by Gasteiger charge is -2.26. The highest BCUT2D eigenvalue weighted by atomic mass is 32.2. The lowest BCUT2D eigenvalue weighted by atomic mass is 10.2. The molecule has 0 aliphatic rings. The van der Waals surface area contributed by atoms with Crippen LogP contribution in [0.25, 0.3) is 0 Å². The molecule has 0 aliphatic heterocycles. The molecular weight excluding hydrogens is 412 g/mol. The average Bonchev–Trinajstić information content (AvgIpc) is 2.79. The van der Waals surface area contributed by atoms with Gasteiger partial charge in [0.2, 0.25) is 5.91 Å². The Balaban J connectivity index is 1.87. The predicted octanol–water partition coefficient (Wildman–Crippen LogP) is 3.94. The molecule has 0 unspecified atom stereocenters. The van der Waals surface area contributed by atoms with Crippen LogP contribution in [0.15, 0.2) is 89.8 Å². The van der Waals surface area contributed by atoms with Crippen LogP contribution >= 0.6 is 0 Å². The van der Waals surface area contributed by atoms with E-state index in [4.69, 9.17) is 4.74 Å². The van der Waals surface area contributed by atoms with Crippen LogP contribution < -0.4 is 9.04 Å². The zero-order chi connectivity index (χ0) is 22.3. The van der Waals surface area contributed by atoms with Gasteiger partial charge in [-0.05, 0) is 48.9 Å². The largest absolute Gasteiger partial charge is 0.494 e. The number of sulfonamides is 1. The van der Waals surface area contributed by atoms with Crippen LogP contribution in [0.1, 0.15) is 12.5 Å². The number of carbonyl (C=O) groups excluding carboxylic acids is 1. The molecule has 0 fully saturated rings. The highest BCUT2D eigenvalue weighted by Crippen LogP contribution is 2.25. The van der Waals surface area contributed by atoms with Crippen molar-refractivity contribution in [1.29, 1.82) is 0 Å². The molecule has 3 rings (SSSR count). The van der Waals surface area contributed by atoms with E-state index in [2.05, 4.69) is 0 Å².